The molecule has 0 aliphatic carbocycles. The van der Waals surface area contributed by atoms with Crippen LogP contribution in [0.3, 0.4) is 0 Å². The molecule has 0 unspecified atom stereocenters. The Bertz CT molecular complexity index is 138. The average molecular weight is 332 g/mol. The number of phenols is 1. The standard InChI is InChI=1S/C6H6O.U/c7-6-4-2-1-3-5-6;/h1-5,7H;. The summed E-state index contributed by atoms with van der Waals surface area (Å²) >= 11 is 0. The summed E-state index contributed by atoms with van der Waals surface area (Å²) in [6.07, 6.45) is 0. The number of hydrogen-bond donors (Lipinski definition) is 1. The molecular formula is C6H6OU. The van der Waals surface area contributed by atoms with Crippen LogP contribution in [0.25, 0.3) is 0 Å². The van der Waals surface area contributed by atoms with Gasteiger partial charge in [0.25, 0.3) is 0 Å². The summed E-state index contributed by atoms with van der Waals surface area (Å²) in [5, 5.41) is 8.63. The summed E-state index contributed by atoms with van der Waals surface area (Å²) in [6.45, 7) is 0. The van der Waals surface area contributed by atoms with Crippen molar-refractivity contribution >= 4 is 0 Å². The first-order chi connectivity index (χ1) is 3.39. The van der Waals surface area contributed by atoms with Crippen LogP contribution in [0, 0.1) is 31.1 Å². The third-order valence-corrected chi connectivity index (χ3v) is 0.756. The van der Waals surface area contributed by atoms with E-state index >= 15 is 0 Å². The van der Waals surface area contributed by atoms with Crippen molar-refractivity contribution in [3.8, 4) is 5.75 Å². The minimum absolute atomic E-state index is 0. The molecule has 0 fully saturated rings. The van der Waals surface area contributed by atoms with Gasteiger partial charge in [0, 0.05) is 31.1 Å². The molecule has 1 aromatic carbocycles. The van der Waals surface area contributed by atoms with Crippen molar-refractivity contribution in [2.45, 2.75) is 0 Å². The van der Waals surface area contributed by atoms with Gasteiger partial charge in [-0.1, -0.05) is 18.2 Å². The molecule has 0 saturated heterocycles. The van der Waals surface area contributed by atoms with Gasteiger partial charge in [-0.05, 0) is 12.1 Å². The van der Waals surface area contributed by atoms with Gasteiger partial charge in [-0.3, -0.25) is 0 Å². The molecule has 0 heterocycles. The summed E-state index contributed by atoms with van der Waals surface area (Å²) < 4.78 is 0. The Labute approximate surface area is 72.1 Å². The summed E-state index contributed by atoms with van der Waals surface area (Å²) in [5.41, 5.74) is 0. The molecular weight excluding hydrogens is 326 g/mol. The Morgan fingerprint density at radius 1 is 1.00 bits per heavy atom. The van der Waals surface area contributed by atoms with Crippen molar-refractivity contribution in [3.05, 3.63) is 30.3 Å². The largest absolute Gasteiger partial charge is 0.508 e. The van der Waals surface area contributed by atoms with Crippen molar-refractivity contribution in [2.24, 2.45) is 0 Å². The molecule has 0 saturated carbocycles. The number of hydrogen-bond acceptors (Lipinski definition) is 1. The minimum Gasteiger partial charge on any atom is -0.508 e. The number of rotatable bonds is 0. The summed E-state index contributed by atoms with van der Waals surface area (Å²) in [5.74, 6) is 0.322. The second-order valence-corrected chi connectivity index (χ2v) is 1.34. The van der Waals surface area contributed by atoms with Crippen molar-refractivity contribution in [1.29, 1.82) is 0 Å². The number of benzene rings is 1. The second-order valence-electron chi connectivity index (χ2n) is 1.34. The van der Waals surface area contributed by atoms with E-state index in [0.717, 1.165) is 0 Å². The van der Waals surface area contributed by atoms with E-state index < -0.39 is 0 Å². The smallest absolute Gasteiger partial charge is 0.115 e. The molecule has 1 nitrogen and oxygen atoms in total. The van der Waals surface area contributed by atoms with Crippen LogP contribution >= 0.6 is 0 Å². The molecule has 1 N–H and O–H groups in total. The quantitative estimate of drug-likeness (QED) is 0.761. The van der Waals surface area contributed by atoms with E-state index in [0.29, 0.717) is 5.75 Å². The van der Waals surface area contributed by atoms with Crippen LogP contribution in [-0.4, -0.2) is 5.11 Å². The van der Waals surface area contributed by atoms with Crippen molar-refractivity contribution in [3.63, 3.8) is 0 Å². The van der Waals surface area contributed by atoms with Crippen LogP contribution in [0.15, 0.2) is 30.3 Å². The van der Waals surface area contributed by atoms with Crippen LogP contribution < -0.4 is 0 Å². The van der Waals surface area contributed by atoms with Gasteiger partial charge in [0.1, 0.15) is 5.75 Å². The van der Waals surface area contributed by atoms with Crippen LogP contribution in [0.5, 0.6) is 5.75 Å². The van der Waals surface area contributed by atoms with Gasteiger partial charge in [0.2, 0.25) is 0 Å². The Morgan fingerprint density at radius 3 is 1.75 bits per heavy atom. The Hall–Kier alpha value is 0.0719. The first-order valence-electron chi connectivity index (χ1n) is 2.13. The van der Waals surface area contributed by atoms with Gasteiger partial charge < -0.3 is 5.11 Å². The first-order valence-corrected chi connectivity index (χ1v) is 2.13. The average Bonchev–Trinajstić information content (AvgIpc) is 1.69. The third kappa shape index (κ3) is 2.40. The predicted molar refractivity (Wildman–Crippen MR) is 28.1 cm³/mol. The molecule has 0 aliphatic heterocycles. The minimum atomic E-state index is 0. The Morgan fingerprint density at radius 2 is 1.50 bits per heavy atom. The Balaban J connectivity index is 0.000000490. The molecule has 1 aromatic rings. The van der Waals surface area contributed by atoms with E-state index in [2.05, 4.69) is 0 Å². The fraction of sp³-hybridized carbons (Fsp3) is 0. The molecule has 40 valence electrons. The maximum atomic E-state index is 8.63. The van der Waals surface area contributed by atoms with Crippen LogP contribution in [0.1, 0.15) is 0 Å². The van der Waals surface area contributed by atoms with E-state index in [-0.39, 0.29) is 31.1 Å². The van der Waals surface area contributed by atoms with Crippen LogP contribution in [0.2, 0.25) is 0 Å². The molecule has 0 bridgehead atoms. The van der Waals surface area contributed by atoms with Crippen LogP contribution in [0.4, 0.5) is 0 Å². The number of para-hydroxylation sites is 1. The predicted octanol–water partition coefficient (Wildman–Crippen LogP) is 1.39. The van der Waals surface area contributed by atoms with E-state index in [1.54, 1.807) is 24.3 Å². The monoisotopic (exact) mass is 332 g/mol. The maximum absolute atomic E-state index is 8.63. The summed E-state index contributed by atoms with van der Waals surface area (Å²) in [6, 6.07) is 8.71. The molecule has 0 amide bonds. The van der Waals surface area contributed by atoms with Gasteiger partial charge in [-0.15, -0.1) is 0 Å². The van der Waals surface area contributed by atoms with Crippen LogP contribution in [-0.2, 0) is 0 Å². The molecule has 0 aliphatic rings. The van der Waals surface area contributed by atoms with Gasteiger partial charge >= 0.3 is 0 Å². The van der Waals surface area contributed by atoms with Crippen molar-refractivity contribution in [1.82, 2.24) is 0 Å². The van der Waals surface area contributed by atoms with E-state index in [1.165, 1.54) is 0 Å². The second kappa shape index (κ2) is 4.00. The fourth-order valence-electron chi connectivity index (χ4n) is 0.428. The van der Waals surface area contributed by atoms with Gasteiger partial charge in [-0.2, -0.15) is 0 Å². The number of aromatic hydroxyl groups is 1. The van der Waals surface area contributed by atoms with Gasteiger partial charge in [0.15, 0.2) is 0 Å². The summed E-state index contributed by atoms with van der Waals surface area (Å²) in [7, 11) is 0. The molecule has 1 rings (SSSR count). The first kappa shape index (κ1) is 8.07. The molecule has 0 atom stereocenters. The zero-order valence-electron chi connectivity index (χ0n) is 4.33. The number of phenolic OH excluding ortho intramolecular Hbond substituents is 1. The van der Waals surface area contributed by atoms with Gasteiger partial charge in [-0.25, -0.2) is 0 Å². The van der Waals surface area contributed by atoms with E-state index in [9.17, 15) is 0 Å². The topological polar surface area (TPSA) is 20.2 Å². The zero-order valence-corrected chi connectivity index (χ0v) is 8.50. The maximum Gasteiger partial charge on any atom is 0.115 e. The molecule has 8 heavy (non-hydrogen) atoms. The third-order valence-electron chi connectivity index (χ3n) is 0.756. The van der Waals surface area contributed by atoms with Crippen molar-refractivity contribution in [2.75, 3.05) is 0 Å². The molecule has 0 radical (unpaired) electrons. The molecule has 2 heteroatoms. The van der Waals surface area contributed by atoms with E-state index in [4.69, 9.17) is 5.11 Å². The zero-order chi connectivity index (χ0) is 5.11. The summed E-state index contributed by atoms with van der Waals surface area (Å²) in [4.78, 5) is 0. The SMILES string of the molecule is Oc1ccccc1.[U]. The molecule has 0 aromatic heterocycles. The Kier molecular flexibility index (Phi) is 4.04. The normalized spacial score (nSPS) is 7.50. The molecule has 0 spiro atoms. The fourth-order valence-corrected chi connectivity index (χ4v) is 0.428. The van der Waals surface area contributed by atoms with Gasteiger partial charge in [0.05, 0.1) is 0 Å². The van der Waals surface area contributed by atoms with Crippen molar-refractivity contribution < 1.29 is 36.2 Å². The van der Waals surface area contributed by atoms with E-state index in [1.807, 2.05) is 6.07 Å².